The van der Waals surface area contributed by atoms with Crippen molar-refractivity contribution in [3.63, 3.8) is 0 Å². The summed E-state index contributed by atoms with van der Waals surface area (Å²) in [5.41, 5.74) is 0.206. The second-order valence-corrected chi connectivity index (χ2v) is 8.65. The highest BCUT2D eigenvalue weighted by molar-refractivity contribution is 7.89. The van der Waals surface area contributed by atoms with Gasteiger partial charge in [0.25, 0.3) is 5.91 Å². The molecule has 0 aliphatic carbocycles. The molecule has 0 bridgehead atoms. The number of halogens is 1. The third-order valence-corrected chi connectivity index (χ3v) is 5.57. The van der Waals surface area contributed by atoms with E-state index in [9.17, 15) is 23.1 Å². The molecule has 0 saturated carbocycles. The number of amides is 1. The number of nitrogens with one attached hydrogen (secondary N) is 2. The molecule has 0 saturated heterocycles. The van der Waals surface area contributed by atoms with Gasteiger partial charge in [0, 0.05) is 16.8 Å². The highest BCUT2D eigenvalue weighted by atomic mass is 35.5. The number of anilines is 1. The number of carbonyl (C=O) groups is 2. The van der Waals surface area contributed by atoms with Gasteiger partial charge in [-0.1, -0.05) is 11.6 Å². The van der Waals surface area contributed by atoms with E-state index in [4.69, 9.17) is 16.3 Å². The lowest BCUT2D eigenvalue weighted by molar-refractivity contribution is -0.123. The Kier molecular flexibility index (Phi) is 7.23. The van der Waals surface area contributed by atoms with Crippen LogP contribution in [0.2, 0.25) is 5.02 Å². The molecule has 0 aliphatic heterocycles. The monoisotopic (exact) mass is 440 g/mol. The highest BCUT2D eigenvalue weighted by Crippen LogP contribution is 2.23. The zero-order chi connectivity index (χ0) is 21.8. The maximum atomic E-state index is 12.2. The number of phenols is 1. The molecule has 0 aliphatic rings. The van der Waals surface area contributed by atoms with Gasteiger partial charge in [0.1, 0.15) is 11.3 Å². The summed E-state index contributed by atoms with van der Waals surface area (Å²) in [6, 6.07) is 9.17. The van der Waals surface area contributed by atoms with Crippen molar-refractivity contribution in [2.24, 2.45) is 0 Å². The van der Waals surface area contributed by atoms with E-state index in [-0.39, 0.29) is 27.3 Å². The van der Waals surface area contributed by atoms with Crippen molar-refractivity contribution >= 4 is 39.2 Å². The molecule has 2 rings (SSSR count). The van der Waals surface area contributed by atoms with Crippen molar-refractivity contribution < 1.29 is 27.9 Å². The van der Waals surface area contributed by atoms with Crippen LogP contribution in [0.15, 0.2) is 47.4 Å². The van der Waals surface area contributed by atoms with Gasteiger partial charge in [0.2, 0.25) is 10.0 Å². The maximum absolute atomic E-state index is 12.2. The summed E-state index contributed by atoms with van der Waals surface area (Å²) < 4.78 is 31.7. The quantitative estimate of drug-likeness (QED) is 0.569. The molecule has 1 atom stereocenters. The summed E-state index contributed by atoms with van der Waals surface area (Å²) >= 11 is 5.71. The molecule has 29 heavy (non-hydrogen) atoms. The van der Waals surface area contributed by atoms with E-state index in [2.05, 4.69) is 10.0 Å². The molecule has 2 aromatic carbocycles. The van der Waals surface area contributed by atoms with Crippen LogP contribution in [0.1, 0.15) is 31.1 Å². The Labute approximate surface area is 173 Å². The minimum absolute atomic E-state index is 0.0573. The Bertz CT molecular complexity index is 1010. The molecule has 0 fully saturated rings. The van der Waals surface area contributed by atoms with E-state index in [1.54, 1.807) is 13.8 Å². The molecule has 0 radical (unpaired) electrons. The van der Waals surface area contributed by atoms with Crippen LogP contribution < -0.4 is 10.0 Å². The summed E-state index contributed by atoms with van der Waals surface area (Å²) in [6.45, 7) is 4.78. The molecule has 8 nitrogen and oxygen atoms in total. The first-order chi connectivity index (χ1) is 13.5. The fraction of sp³-hybridized carbons (Fsp3) is 0.263. The Hall–Kier alpha value is -2.62. The summed E-state index contributed by atoms with van der Waals surface area (Å²) in [6.07, 6.45) is -1.16. The van der Waals surface area contributed by atoms with Crippen LogP contribution in [0.4, 0.5) is 5.69 Å². The highest BCUT2D eigenvalue weighted by Gasteiger charge is 2.21. The number of ether oxygens (including phenoxy) is 1. The van der Waals surface area contributed by atoms with Gasteiger partial charge in [-0.3, -0.25) is 4.79 Å². The van der Waals surface area contributed by atoms with Crippen molar-refractivity contribution in [3.05, 3.63) is 53.1 Å². The van der Waals surface area contributed by atoms with Gasteiger partial charge in [-0.25, -0.2) is 17.9 Å². The molecule has 0 spiro atoms. The molecule has 156 valence electrons. The van der Waals surface area contributed by atoms with Gasteiger partial charge in [-0.2, -0.15) is 0 Å². The van der Waals surface area contributed by atoms with Gasteiger partial charge in [0.15, 0.2) is 6.10 Å². The molecule has 0 heterocycles. The Morgan fingerprint density at radius 2 is 1.69 bits per heavy atom. The second-order valence-electron chi connectivity index (χ2n) is 6.50. The van der Waals surface area contributed by atoms with Crippen LogP contribution in [0, 0.1) is 0 Å². The molecule has 3 N–H and O–H groups in total. The molecular weight excluding hydrogens is 420 g/mol. The van der Waals surface area contributed by atoms with Crippen molar-refractivity contribution in [1.29, 1.82) is 0 Å². The number of sulfonamides is 1. The van der Waals surface area contributed by atoms with Gasteiger partial charge >= 0.3 is 5.97 Å². The van der Waals surface area contributed by atoms with E-state index >= 15 is 0 Å². The van der Waals surface area contributed by atoms with Crippen LogP contribution in [0.25, 0.3) is 0 Å². The van der Waals surface area contributed by atoms with Crippen molar-refractivity contribution in [2.75, 3.05) is 5.32 Å². The van der Waals surface area contributed by atoms with E-state index in [1.165, 1.54) is 49.4 Å². The predicted octanol–water partition coefficient (Wildman–Crippen LogP) is 2.92. The molecule has 0 aromatic heterocycles. The standard InChI is InChI=1S/C19H21ClN2O6S/c1-11(2)22-29(26,27)15-7-5-14(6-8-15)21-18(24)12(3)28-19(25)16-9-4-13(20)10-17(16)23/h4-12,22-23H,1-3H3,(H,21,24)/t12-/m0/s1. The minimum Gasteiger partial charge on any atom is -0.507 e. The second kappa shape index (κ2) is 9.25. The Balaban J connectivity index is 2.01. The molecule has 2 aromatic rings. The number of aromatic hydroxyl groups is 1. The number of benzene rings is 2. The van der Waals surface area contributed by atoms with Crippen molar-refractivity contribution in [1.82, 2.24) is 4.72 Å². The Morgan fingerprint density at radius 1 is 1.07 bits per heavy atom. The fourth-order valence-electron chi connectivity index (χ4n) is 2.29. The SMILES string of the molecule is CC(C)NS(=O)(=O)c1ccc(NC(=O)[C@H](C)OC(=O)c2ccc(Cl)cc2O)cc1. The summed E-state index contributed by atoms with van der Waals surface area (Å²) in [5, 5.41) is 12.5. The number of rotatable bonds is 7. The fourth-order valence-corrected chi connectivity index (χ4v) is 3.71. The molecule has 1 amide bonds. The lowest BCUT2D eigenvalue weighted by Crippen LogP contribution is -2.30. The van der Waals surface area contributed by atoms with Crippen LogP contribution in [0.3, 0.4) is 0 Å². The van der Waals surface area contributed by atoms with Gasteiger partial charge in [-0.05, 0) is 63.2 Å². The summed E-state index contributed by atoms with van der Waals surface area (Å²) in [4.78, 5) is 24.4. The van der Waals surface area contributed by atoms with E-state index in [1.807, 2.05) is 0 Å². The summed E-state index contributed by atoms with van der Waals surface area (Å²) in [7, 11) is -3.64. The number of hydrogen-bond donors (Lipinski definition) is 3. The number of carbonyl (C=O) groups excluding carboxylic acids is 2. The van der Waals surface area contributed by atoms with E-state index < -0.39 is 28.0 Å². The molecule has 10 heteroatoms. The number of esters is 1. The third kappa shape index (κ3) is 6.18. The van der Waals surface area contributed by atoms with Gasteiger partial charge in [0.05, 0.1) is 4.90 Å². The van der Waals surface area contributed by atoms with Crippen LogP contribution in [-0.4, -0.2) is 37.5 Å². The van der Waals surface area contributed by atoms with E-state index in [0.29, 0.717) is 5.69 Å². The maximum Gasteiger partial charge on any atom is 0.342 e. The zero-order valence-electron chi connectivity index (χ0n) is 16.0. The average Bonchev–Trinajstić information content (AvgIpc) is 2.60. The van der Waals surface area contributed by atoms with Gasteiger partial charge in [-0.15, -0.1) is 0 Å². The van der Waals surface area contributed by atoms with E-state index in [0.717, 1.165) is 0 Å². The first-order valence-electron chi connectivity index (χ1n) is 8.62. The largest absolute Gasteiger partial charge is 0.507 e. The van der Waals surface area contributed by atoms with Crippen molar-refractivity contribution in [2.45, 2.75) is 37.8 Å². The Morgan fingerprint density at radius 3 is 2.24 bits per heavy atom. The molecular formula is C19H21ClN2O6S. The van der Waals surface area contributed by atoms with Crippen molar-refractivity contribution in [3.8, 4) is 5.75 Å². The predicted molar refractivity (Wildman–Crippen MR) is 109 cm³/mol. The normalized spacial score (nSPS) is 12.4. The lowest BCUT2D eigenvalue weighted by Gasteiger charge is -2.14. The third-order valence-electron chi connectivity index (χ3n) is 3.66. The first kappa shape index (κ1) is 22.7. The van der Waals surface area contributed by atoms with Crippen LogP contribution in [-0.2, 0) is 19.6 Å². The van der Waals surface area contributed by atoms with Gasteiger partial charge < -0.3 is 15.2 Å². The molecule has 0 unspecified atom stereocenters. The number of hydrogen-bond acceptors (Lipinski definition) is 6. The number of phenolic OH excluding ortho intramolecular Hbond substituents is 1. The van der Waals surface area contributed by atoms with Crippen LogP contribution >= 0.6 is 11.6 Å². The lowest BCUT2D eigenvalue weighted by atomic mass is 10.2. The first-order valence-corrected chi connectivity index (χ1v) is 10.5. The average molecular weight is 441 g/mol. The summed E-state index contributed by atoms with van der Waals surface area (Å²) in [5.74, 6) is -1.87. The van der Waals surface area contributed by atoms with Crippen LogP contribution in [0.5, 0.6) is 5.75 Å². The smallest absolute Gasteiger partial charge is 0.342 e. The zero-order valence-corrected chi connectivity index (χ0v) is 17.5. The topological polar surface area (TPSA) is 122 Å². The minimum atomic E-state index is -3.64.